The van der Waals surface area contributed by atoms with E-state index in [-0.39, 0.29) is 36.0 Å². The van der Waals surface area contributed by atoms with Gasteiger partial charge in [0.05, 0.1) is 0 Å². The molecule has 7 nitrogen and oxygen atoms in total. The van der Waals surface area contributed by atoms with Crippen LogP contribution in [0.2, 0.25) is 0 Å². The van der Waals surface area contributed by atoms with Crippen LogP contribution in [0.4, 0.5) is 0 Å². The zero-order valence-electron chi connectivity index (χ0n) is 20.8. The van der Waals surface area contributed by atoms with Crippen LogP contribution in [-0.2, 0) is 20.8 Å². The van der Waals surface area contributed by atoms with E-state index in [4.69, 9.17) is 5.73 Å². The summed E-state index contributed by atoms with van der Waals surface area (Å²) >= 11 is 0. The van der Waals surface area contributed by atoms with Crippen molar-refractivity contribution >= 4 is 40.9 Å². The minimum atomic E-state index is -0.725. The second-order valence-corrected chi connectivity index (χ2v) is 9.08. The number of nitrogens with two attached hydrogens (primary N) is 1. The zero-order chi connectivity index (χ0) is 24.5. The van der Waals surface area contributed by atoms with Crippen LogP contribution in [0.5, 0.6) is 0 Å². The lowest BCUT2D eigenvalue weighted by atomic mass is 10.00. The predicted molar refractivity (Wildman–Crippen MR) is 142 cm³/mol. The molecule has 0 bridgehead atoms. The molecule has 1 aliphatic rings. The third-order valence-corrected chi connectivity index (χ3v) is 6.74. The number of hydrogen-bond donors (Lipinski definition) is 3. The number of benzene rings is 2. The number of halogens is 1. The molecule has 0 spiro atoms. The first-order valence-corrected chi connectivity index (χ1v) is 12.5. The molecule has 4 N–H and O–H groups in total. The fraction of sp³-hybridized carbons (Fsp3) is 0.519. The fourth-order valence-corrected chi connectivity index (χ4v) is 4.69. The summed E-state index contributed by atoms with van der Waals surface area (Å²) in [4.78, 5) is 41.0. The highest BCUT2D eigenvalue weighted by Crippen LogP contribution is 2.23. The van der Waals surface area contributed by atoms with Gasteiger partial charge in [-0.1, -0.05) is 56.3 Å². The summed E-state index contributed by atoms with van der Waals surface area (Å²) in [6.45, 7) is 5.54. The lowest BCUT2D eigenvalue weighted by Gasteiger charge is -2.29. The van der Waals surface area contributed by atoms with E-state index in [1.54, 1.807) is 4.90 Å². The number of rotatable bonds is 11. The van der Waals surface area contributed by atoms with Crippen molar-refractivity contribution in [3.63, 3.8) is 0 Å². The molecule has 2 aromatic carbocycles. The van der Waals surface area contributed by atoms with E-state index in [0.29, 0.717) is 38.9 Å². The largest absolute Gasteiger partial charge is 0.354 e. The quantitative estimate of drug-likeness (QED) is 0.410. The molecule has 8 heteroatoms. The number of fused-ring (bicyclic) bond motifs is 1. The van der Waals surface area contributed by atoms with E-state index >= 15 is 0 Å². The third kappa shape index (κ3) is 7.42. The van der Waals surface area contributed by atoms with Crippen LogP contribution in [0, 0.1) is 5.92 Å². The number of carbonyl (C=O) groups excluding carboxylic acids is 3. The molecule has 3 rings (SSSR count). The van der Waals surface area contributed by atoms with Gasteiger partial charge in [-0.05, 0) is 55.0 Å². The van der Waals surface area contributed by atoms with E-state index in [9.17, 15) is 14.4 Å². The molecule has 0 saturated carbocycles. The van der Waals surface area contributed by atoms with Crippen LogP contribution < -0.4 is 16.4 Å². The lowest BCUT2D eigenvalue weighted by Crippen LogP contribution is -2.54. The van der Waals surface area contributed by atoms with Crippen molar-refractivity contribution in [1.82, 2.24) is 15.5 Å². The van der Waals surface area contributed by atoms with Crippen LogP contribution >= 0.6 is 12.4 Å². The first-order chi connectivity index (χ1) is 16.5. The number of carbonyl (C=O) groups is 3. The molecule has 1 aliphatic heterocycles. The Balaban J connectivity index is 0.00000432. The van der Waals surface area contributed by atoms with Crippen molar-refractivity contribution in [3.8, 4) is 0 Å². The molecule has 1 heterocycles. The highest BCUT2D eigenvalue weighted by molar-refractivity contribution is 5.93. The normalized spacial score (nSPS) is 16.1. The number of nitrogens with one attached hydrogen (secondary N) is 2. The molecule has 192 valence electrons. The lowest BCUT2D eigenvalue weighted by molar-refractivity contribution is -0.142. The standard InChI is InChI=1S/C27H38N4O3.ClH/c1-3-20(4-2)27(34)31-16-7-11-24(31)26(33)30-23(25(32)29-15-8-14-28)18-19-12-13-21-9-5-6-10-22(21)17-19;/h5-6,9-10,12-13,17,20,23-24H,3-4,7-8,11,14-16,18,28H2,1-2H3,(H,29,32)(H,30,33);1H/t23-,24?;/m1./s1. The average molecular weight is 503 g/mol. The van der Waals surface area contributed by atoms with Crippen LogP contribution in [0.15, 0.2) is 42.5 Å². The van der Waals surface area contributed by atoms with E-state index in [0.717, 1.165) is 35.6 Å². The molecule has 1 saturated heterocycles. The number of hydrogen-bond acceptors (Lipinski definition) is 4. The van der Waals surface area contributed by atoms with Crippen molar-refractivity contribution in [1.29, 1.82) is 0 Å². The SMILES string of the molecule is CCC(CC)C(=O)N1CCCC1C(=O)N[C@H](Cc1ccc2ccccc2c1)C(=O)NCCCN.Cl. The third-order valence-electron chi connectivity index (χ3n) is 6.74. The highest BCUT2D eigenvalue weighted by atomic mass is 35.5. The van der Waals surface area contributed by atoms with Gasteiger partial charge in [0.25, 0.3) is 0 Å². The Labute approximate surface area is 214 Å². The molecule has 3 amide bonds. The summed E-state index contributed by atoms with van der Waals surface area (Å²) in [6.07, 6.45) is 3.97. The van der Waals surface area contributed by atoms with Gasteiger partial charge < -0.3 is 21.3 Å². The Hall–Kier alpha value is -2.64. The maximum atomic E-state index is 13.3. The Bertz CT molecular complexity index is 995. The van der Waals surface area contributed by atoms with Gasteiger partial charge >= 0.3 is 0 Å². The molecule has 0 aromatic heterocycles. The Morgan fingerprint density at radius 2 is 1.80 bits per heavy atom. The van der Waals surface area contributed by atoms with Gasteiger partial charge in [-0.15, -0.1) is 12.4 Å². The molecular weight excluding hydrogens is 464 g/mol. The molecule has 1 unspecified atom stereocenters. The summed E-state index contributed by atoms with van der Waals surface area (Å²) < 4.78 is 0. The minimum Gasteiger partial charge on any atom is -0.354 e. The van der Waals surface area contributed by atoms with Gasteiger partial charge in [0.2, 0.25) is 17.7 Å². The second-order valence-electron chi connectivity index (χ2n) is 9.08. The van der Waals surface area contributed by atoms with Crippen molar-refractivity contribution in [2.45, 2.75) is 64.5 Å². The van der Waals surface area contributed by atoms with Gasteiger partial charge in [0, 0.05) is 25.4 Å². The van der Waals surface area contributed by atoms with E-state index in [1.807, 2.05) is 50.2 Å². The molecule has 2 atom stereocenters. The summed E-state index contributed by atoms with van der Waals surface area (Å²) in [7, 11) is 0. The van der Waals surface area contributed by atoms with Crippen molar-refractivity contribution in [2.75, 3.05) is 19.6 Å². The summed E-state index contributed by atoms with van der Waals surface area (Å²) in [6, 6.07) is 12.9. The van der Waals surface area contributed by atoms with Crippen molar-refractivity contribution < 1.29 is 14.4 Å². The topological polar surface area (TPSA) is 105 Å². The molecular formula is C27H39ClN4O3. The van der Waals surface area contributed by atoms with Gasteiger partial charge in [0.15, 0.2) is 0 Å². The minimum absolute atomic E-state index is 0. The Morgan fingerprint density at radius 1 is 1.09 bits per heavy atom. The summed E-state index contributed by atoms with van der Waals surface area (Å²) in [5, 5.41) is 8.07. The average Bonchev–Trinajstić information content (AvgIpc) is 3.34. The van der Waals surface area contributed by atoms with Crippen molar-refractivity contribution in [2.24, 2.45) is 11.7 Å². The Morgan fingerprint density at radius 3 is 2.49 bits per heavy atom. The maximum Gasteiger partial charge on any atom is 0.243 e. The zero-order valence-corrected chi connectivity index (χ0v) is 21.6. The molecule has 0 radical (unpaired) electrons. The molecule has 0 aliphatic carbocycles. The fourth-order valence-electron chi connectivity index (χ4n) is 4.69. The summed E-state index contributed by atoms with van der Waals surface area (Å²) in [5.74, 6) is -0.509. The summed E-state index contributed by atoms with van der Waals surface area (Å²) in [5.41, 5.74) is 6.53. The van der Waals surface area contributed by atoms with Gasteiger partial charge in [-0.25, -0.2) is 0 Å². The number of likely N-dealkylation sites (tertiary alicyclic amines) is 1. The molecule has 1 fully saturated rings. The van der Waals surface area contributed by atoms with Crippen LogP contribution in [0.1, 0.15) is 51.5 Å². The van der Waals surface area contributed by atoms with E-state index in [2.05, 4.69) is 16.7 Å². The predicted octanol–water partition coefficient (Wildman–Crippen LogP) is 3.18. The molecule has 35 heavy (non-hydrogen) atoms. The maximum absolute atomic E-state index is 13.3. The van der Waals surface area contributed by atoms with E-state index < -0.39 is 12.1 Å². The van der Waals surface area contributed by atoms with Gasteiger partial charge in [-0.2, -0.15) is 0 Å². The smallest absolute Gasteiger partial charge is 0.243 e. The van der Waals surface area contributed by atoms with Gasteiger partial charge in [-0.3, -0.25) is 14.4 Å². The second kappa shape index (κ2) is 14.0. The number of nitrogens with zero attached hydrogens (tertiary/aromatic N) is 1. The van der Waals surface area contributed by atoms with Gasteiger partial charge in [0.1, 0.15) is 12.1 Å². The monoisotopic (exact) mass is 502 g/mol. The first kappa shape index (κ1) is 28.6. The van der Waals surface area contributed by atoms with E-state index in [1.165, 1.54) is 0 Å². The highest BCUT2D eigenvalue weighted by Gasteiger charge is 2.37. The van der Waals surface area contributed by atoms with Crippen LogP contribution in [-0.4, -0.2) is 54.3 Å². The Kier molecular flexibility index (Phi) is 11.5. The first-order valence-electron chi connectivity index (χ1n) is 12.5. The van der Waals surface area contributed by atoms with Crippen LogP contribution in [0.3, 0.4) is 0 Å². The van der Waals surface area contributed by atoms with Crippen molar-refractivity contribution in [3.05, 3.63) is 48.0 Å². The molecule has 2 aromatic rings. The number of amides is 3. The van der Waals surface area contributed by atoms with Crippen LogP contribution in [0.25, 0.3) is 10.8 Å².